The minimum atomic E-state index is -2.02. The third-order valence-electron chi connectivity index (χ3n) is 9.33. The Labute approximate surface area is 188 Å². The maximum Gasteiger partial charge on any atom is 0.293 e. The highest BCUT2D eigenvalue weighted by Gasteiger charge is 2.75. The Morgan fingerprint density at radius 3 is 2.78 bits per heavy atom. The van der Waals surface area contributed by atoms with Crippen molar-refractivity contribution in [1.82, 2.24) is 5.32 Å². The second-order valence-corrected chi connectivity index (χ2v) is 10.3. The van der Waals surface area contributed by atoms with E-state index in [0.717, 1.165) is 36.3 Å². The van der Waals surface area contributed by atoms with Crippen LogP contribution in [0.3, 0.4) is 0 Å². The van der Waals surface area contributed by atoms with Gasteiger partial charge in [0.15, 0.2) is 6.29 Å². The number of nitrogens with zero attached hydrogens (tertiary/aromatic N) is 1. The molecular formula is C23H36N4O5. The predicted molar refractivity (Wildman–Crippen MR) is 115 cm³/mol. The van der Waals surface area contributed by atoms with E-state index < -0.39 is 17.0 Å². The van der Waals surface area contributed by atoms with Crippen LogP contribution >= 0.6 is 0 Å². The van der Waals surface area contributed by atoms with Gasteiger partial charge in [-0.3, -0.25) is 9.69 Å². The van der Waals surface area contributed by atoms with E-state index in [1.807, 2.05) is 0 Å². The molecule has 3 fully saturated rings. The van der Waals surface area contributed by atoms with E-state index in [1.165, 1.54) is 0 Å². The number of carboxylic acids is 1. The summed E-state index contributed by atoms with van der Waals surface area (Å²) in [6, 6.07) is 0. The summed E-state index contributed by atoms with van der Waals surface area (Å²) in [5, 5.41) is 36.1. The lowest BCUT2D eigenvalue weighted by molar-refractivity contribution is -0.828. The number of likely N-dealkylation sites (tertiary alicyclic amines) is 1. The number of aliphatic imine (C=N–C) groups is 1. The first-order chi connectivity index (χ1) is 15.2. The van der Waals surface area contributed by atoms with Crippen molar-refractivity contribution in [1.29, 1.82) is 0 Å². The zero-order valence-electron chi connectivity index (χ0n) is 19.0. The summed E-state index contributed by atoms with van der Waals surface area (Å²) in [6.07, 6.45) is 3.82. The quantitative estimate of drug-likeness (QED) is 0.128. The largest absolute Gasteiger partial charge is 0.545 e. The fourth-order valence-electron chi connectivity index (χ4n) is 8.22. The summed E-state index contributed by atoms with van der Waals surface area (Å²) in [7, 11) is 1.68. The van der Waals surface area contributed by atoms with Crippen LogP contribution in [0.2, 0.25) is 0 Å². The number of aliphatic carboxylic acids is 1. The molecule has 0 radical (unpaired) electrons. The Bertz CT molecular complexity index is 859. The summed E-state index contributed by atoms with van der Waals surface area (Å²) in [5.41, 5.74) is 3.84. The average molecular weight is 449 g/mol. The Morgan fingerprint density at radius 1 is 1.41 bits per heavy atom. The molecule has 0 aromatic carbocycles. The number of hydrogen-bond donors (Lipinski definition) is 5. The summed E-state index contributed by atoms with van der Waals surface area (Å²) < 4.78 is 0. The third kappa shape index (κ3) is 2.94. The van der Waals surface area contributed by atoms with E-state index in [2.05, 4.69) is 17.2 Å². The number of guanidine groups is 1. The number of carboxylic acid groups (broad SMARTS) is 1. The highest BCUT2D eigenvalue weighted by Crippen LogP contribution is 2.76. The number of rotatable bonds is 6. The second kappa shape index (κ2) is 8.20. The van der Waals surface area contributed by atoms with Gasteiger partial charge in [0, 0.05) is 36.4 Å². The molecule has 0 aromatic heterocycles. The van der Waals surface area contributed by atoms with Crippen LogP contribution in [0.25, 0.3) is 0 Å². The van der Waals surface area contributed by atoms with Crippen LogP contribution in [0.15, 0.2) is 16.1 Å². The van der Waals surface area contributed by atoms with E-state index >= 15 is 0 Å². The molecule has 9 nitrogen and oxygen atoms in total. The lowest BCUT2D eigenvalue weighted by atomic mass is 9.45. The minimum Gasteiger partial charge on any atom is -0.545 e. The minimum absolute atomic E-state index is 0.0440. The fourth-order valence-corrected chi connectivity index (χ4v) is 8.22. The molecule has 3 aliphatic carbocycles. The van der Waals surface area contributed by atoms with E-state index in [1.54, 1.807) is 7.05 Å². The van der Waals surface area contributed by atoms with Gasteiger partial charge in [-0.15, -0.1) is 0 Å². The van der Waals surface area contributed by atoms with Crippen molar-refractivity contribution in [2.45, 2.75) is 44.6 Å². The van der Waals surface area contributed by atoms with E-state index in [0.29, 0.717) is 38.3 Å². The maximum absolute atomic E-state index is 12.2. The molecule has 0 amide bonds. The average Bonchev–Trinajstić information content (AvgIpc) is 3.12. The van der Waals surface area contributed by atoms with Crippen LogP contribution in [0.5, 0.6) is 0 Å². The summed E-state index contributed by atoms with van der Waals surface area (Å²) >= 11 is 0. The number of nitrogens with one attached hydrogen (secondary N) is 2. The first kappa shape index (κ1) is 23.4. The first-order valence-electron chi connectivity index (χ1n) is 11.7. The van der Waals surface area contributed by atoms with Crippen molar-refractivity contribution in [3.63, 3.8) is 0 Å². The first-order valence-corrected chi connectivity index (χ1v) is 11.7. The number of aliphatic hydroxyl groups excluding tert-OH is 1. The normalized spacial score (nSPS) is 43.6. The van der Waals surface area contributed by atoms with Gasteiger partial charge < -0.3 is 31.2 Å². The Hall–Kier alpha value is -1.81. The Balaban J connectivity index is 1.91. The number of carbonyl (C=O) groups is 2. The van der Waals surface area contributed by atoms with Crippen LogP contribution in [-0.2, 0) is 9.59 Å². The topological polar surface area (TPSA) is 153 Å². The smallest absolute Gasteiger partial charge is 0.293 e. The number of allylic oxidation sites excluding steroid dienone is 1. The van der Waals surface area contributed by atoms with Crippen molar-refractivity contribution >= 4 is 18.2 Å². The molecule has 4 aliphatic rings. The second-order valence-electron chi connectivity index (χ2n) is 10.3. The van der Waals surface area contributed by atoms with Gasteiger partial charge >= 0.3 is 0 Å². The van der Waals surface area contributed by atoms with Crippen molar-refractivity contribution in [3.8, 4) is 0 Å². The van der Waals surface area contributed by atoms with E-state index in [4.69, 9.17) is 5.73 Å². The lowest BCUT2D eigenvalue weighted by Crippen LogP contribution is -3.19. The fraction of sp³-hybridized carbons (Fsp3) is 0.783. The standard InChI is InChI=1S/C23H36N4O5/c1-14-3-4-15-9-17-18(19(30)31)21(32,13-29)11-22(14,17)23(15)12-27(20(24)25-2)7-5-16(23)10-26-6-8-28/h13-16,26,28,32H,3-12H2,1-2H3,(H2,24,25)(H,30,31)/t14-,15-,16-,21+,22+,23-/m1/s1. The van der Waals surface area contributed by atoms with Gasteiger partial charge in [-0.25, -0.2) is 4.99 Å². The van der Waals surface area contributed by atoms with Gasteiger partial charge in [0.25, 0.3) is 5.96 Å². The number of aliphatic hydroxyl groups is 2. The SMILES string of the molecule is CN=C(N)[NH+]1CC[C@H](CNCCO)[C@@]2(C1)[C@@H]1CC[C@@H](C)[C@]23C[C@](O)(C=O)C(C(=O)[O-])=C3C1. The molecule has 4 rings (SSSR count). The highest BCUT2D eigenvalue weighted by atomic mass is 16.4. The molecule has 1 unspecified atom stereocenters. The number of quaternary nitrogens is 1. The van der Waals surface area contributed by atoms with Crippen LogP contribution in [0.4, 0.5) is 0 Å². The zero-order chi connectivity index (χ0) is 23.3. The number of nitrogens with two attached hydrogens (primary N) is 1. The molecule has 6 N–H and O–H groups in total. The number of aldehydes is 1. The molecule has 1 heterocycles. The Morgan fingerprint density at radius 2 is 2.16 bits per heavy atom. The van der Waals surface area contributed by atoms with Crippen molar-refractivity contribution in [3.05, 3.63) is 11.1 Å². The predicted octanol–water partition coefficient (Wildman–Crippen LogP) is -2.78. The van der Waals surface area contributed by atoms with Gasteiger partial charge in [0.05, 0.1) is 25.7 Å². The molecule has 2 saturated carbocycles. The molecule has 1 saturated heterocycles. The summed E-state index contributed by atoms with van der Waals surface area (Å²) in [5.74, 6) is -0.357. The molecule has 1 aliphatic heterocycles. The van der Waals surface area contributed by atoms with Crippen LogP contribution in [0, 0.1) is 28.6 Å². The lowest BCUT2D eigenvalue weighted by Gasteiger charge is -2.60. The highest BCUT2D eigenvalue weighted by molar-refractivity contribution is 5.96. The van der Waals surface area contributed by atoms with E-state index in [-0.39, 0.29) is 41.8 Å². The molecule has 2 bridgehead atoms. The van der Waals surface area contributed by atoms with Gasteiger partial charge in [-0.1, -0.05) is 12.5 Å². The van der Waals surface area contributed by atoms with Crippen LogP contribution in [-0.4, -0.2) is 73.9 Å². The number of carbonyl (C=O) groups excluding carboxylic acids is 2. The van der Waals surface area contributed by atoms with Crippen molar-refractivity contribution in [2.75, 3.05) is 39.8 Å². The summed E-state index contributed by atoms with van der Waals surface area (Å²) in [4.78, 5) is 29.6. The molecule has 9 heteroatoms. The molecule has 178 valence electrons. The monoisotopic (exact) mass is 448 g/mol. The molecular weight excluding hydrogens is 412 g/mol. The van der Waals surface area contributed by atoms with Crippen molar-refractivity contribution in [2.24, 2.45) is 39.3 Å². The Kier molecular flexibility index (Phi) is 5.98. The summed E-state index contributed by atoms with van der Waals surface area (Å²) in [6.45, 7) is 4.86. The number of hydrogen-bond acceptors (Lipinski definition) is 7. The molecule has 2 spiro atoms. The van der Waals surface area contributed by atoms with Gasteiger partial charge in [0.2, 0.25) is 0 Å². The van der Waals surface area contributed by atoms with E-state index in [9.17, 15) is 24.9 Å². The number of piperidine rings is 1. The van der Waals surface area contributed by atoms with Gasteiger partial charge in [0.1, 0.15) is 5.60 Å². The van der Waals surface area contributed by atoms with Gasteiger partial charge in [-0.2, -0.15) is 0 Å². The third-order valence-corrected chi connectivity index (χ3v) is 9.33. The van der Waals surface area contributed by atoms with Crippen molar-refractivity contribution < 1.29 is 29.8 Å². The molecule has 0 aromatic rings. The van der Waals surface area contributed by atoms with Gasteiger partial charge in [-0.05, 0) is 50.0 Å². The zero-order valence-corrected chi connectivity index (χ0v) is 19.0. The maximum atomic E-state index is 12.2. The molecule has 7 atom stereocenters. The van der Waals surface area contributed by atoms with Crippen LogP contribution in [0.1, 0.15) is 39.0 Å². The van der Waals surface area contributed by atoms with Crippen LogP contribution < -0.4 is 21.1 Å². The molecule has 32 heavy (non-hydrogen) atoms.